The second-order valence-corrected chi connectivity index (χ2v) is 7.26. The van der Waals surface area contributed by atoms with Gasteiger partial charge in [0.1, 0.15) is 0 Å². The molecule has 0 aliphatic carbocycles. The first-order chi connectivity index (χ1) is 12.5. The monoisotopic (exact) mass is 392 g/mol. The van der Waals surface area contributed by atoms with Crippen molar-refractivity contribution in [3.05, 3.63) is 58.9 Å². The smallest absolute Gasteiger partial charge is 0.266 e. The van der Waals surface area contributed by atoms with E-state index < -0.39 is 5.82 Å². The Morgan fingerprint density at radius 3 is 2.92 bits per heavy atom. The zero-order valence-corrected chi connectivity index (χ0v) is 15.8. The number of para-hydroxylation sites is 1. The molecule has 1 saturated heterocycles. The van der Waals surface area contributed by atoms with Crippen LogP contribution >= 0.6 is 23.4 Å². The predicted octanol–water partition coefficient (Wildman–Crippen LogP) is 4.82. The van der Waals surface area contributed by atoms with Crippen LogP contribution in [0, 0.1) is 12.7 Å². The molecular weight excluding hydrogens is 375 g/mol. The van der Waals surface area contributed by atoms with Gasteiger partial charge in [0.25, 0.3) is 5.91 Å². The average molecular weight is 393 g/mol. The van der Waals surface area contributed by atoms with Crippen LogP contribution in [0.5, 0.6) is 5.75 Å². The number of hydrogen-bond donors (Lipinski definition) is 0. The number of hydrogen-bond acceptors (Lipinski definition) is 4. The minimum Gasteiger partial charge on any atom is -0.481 e. The van der Waals surface area contributed by atoms with E-state index in [1.807, 2.05) is 19.1 Å². The molecule has 1 fully saturated rings. The Kier molecular flexibility index (Phi) is 6.16. The Labute approximate surface area is 161 Å². The molecule has 0 atom stereocenters. The molecule has 7 heteroatoms. The second kappa shape index (κ2) is 8.56. The van der Waals surface area contributed by atoms with E-state index in [1.54, 1.807) is 23.1 Å². The van der Waals surface area contributed by atoms with Gasteiger partial charge >= 0.3 is 0 Å². The summed E-state index contributed by atoms with van der Waals surface area (Å²) < 4.78 is 19.0. The lowest BCUT2D eigenvalue weighted by Crippen LogP contribution is -2.41. The Hall–Kier alpha value is -2.05. The lowest BCUT2D eigenvalue weighted by molar-refractivity contribution is -0.129. The molecule has 3 rings (SSSR count). The van der Waals surface area contributed by atoms with Crippen LogP contribution in [0.3, 0.4) is 0 Å². The van der Waals surface area contributed by atoms with Gasteiger partial charge in [0.2, 0.25) is 0 Å². The molecule has 4 nitrogen and oxygen atoms in total. The number of rotatable bonds is 4. The summed E-state index contributed by atoms with van der Waals surface area (Å²) in [7, 11) is 0. The molecule has 1 aliphatic rings. The molecule has 1 heterocycles. The number of halogens is 2. The number of aryl methyl sites for hydroxylation is 1. The van der Waals surface area contributed by atoms with Crippen LogP contribution in [0.4, 0.5) is 10.1 Å². The molecule has 2 aromatic carbocycles. The Morgan fingerprint density at radius 2 is 2.15 bits per heavy atom. The van der Waals surface area contributed by atoms with Gasteiger partial charge < -0.3 is 4.74 Å². The fourth-order valence-electron chi connectivity index (χ4n) is 2.42. The number of thioether (sulfide) groups is 1. The molecule has 26 heavy (non-hydrogen) atoms. The molecule has 1 aliphatic heterocycles. The van der Waals surface area contributed by atoms with Crippen LogP contribution in [-0.2, 0) is 4.79 Å². The predicted molar refractivity (Wildman–Crippen MR) is 104 cm³/mol. The summed E-state index contributed by atoms with van der Waals surface area (Å²) in [6, 6.07) is 11.6. The van der Waals surface area contributed by atoms with Gasteiger partial charge in [0.15, 0.2) is 23.3 Å². The maximum atomic E-state index is 13.6. The SMILES string of the molecule is Cc1ccc(N=C2SCCCN2C(=O)COc2ccccc2F)cc1Cl. The fraction of sp³-hybridized carbons (Fsp3) is 0.263. The van der Waals surface area contributed by atoms with E-state index >= 15 is 0 Å². The van der Waals surface area contributed by atoms with Crippen LogP contribution in [-0.4, -0.2) is 34.9 Å². The Morgan fingerprint density at radius 1 is 1.35 bits per heavy atom. The first-order valence-corrected chi connectivity index (χ1v) is 9.56. The molecule has 0 bridgehead atoms. The third-order valence-electron chi connectivity index (χ3n) is 3.86. The van der Waals surface area contributed by atoms with Crippen molar-refractivity contribution in [3.8, 4) is 5.75 Å². The highest BCUT2D eigenvalue weighted by Crippen LogP contribution is 2.26. The number of ether oxygens (including phenoxy) is 1. The van der Waals surface area contributed by atoms with E-state index in [1.165, 1.54) is 23.9 Å². The fourth-order valence-corrected chi connectivity index (χ4v) is 3.57. The lowest BCUT2D eigenvalue weighted by Gasteiger charge is -2.27. The summed E-state index contributed by atoms with van der Waals surface area (Å²) >= 11 is 7.66. The zero-order valence-electron chi connectivity index (χ0n) is 14.2. The zero-order chi connectivity index (χ0) is 18.5. The van der Waals surface area contributed by atoms with Crippen molar-refractivity contribution in [3.63, 3.8) is 0 Å². The van der Waals surface area contributed by atoms with Gasteiger partial charge in [-0.3, -0.25) is 9.69 Å². The topological polar surface area (TPSA) is 41.9 Å². The second-order valence-electron chi connectivity index (χ2n) is 5.79. The van der Waals surface area contributed by atoms with E-state index in [2.05, 4.69) is 4.99 Å². The van der Waals surface area contributed by atoms with Crippen molar-refractivity contribution in [2.45, 2.75) is 13.3 Å². The number of carbonyl (C=O) groups excluding carboxylic acids is 1. The van der Waals surface area contributed by atoms with Crippen molar-refractivity contribution >= 4 is 40.1 Å². The van der Waals surface area contributed by atoms with Crippen LogP contribution in [0.25, 0.3) is 0 Å². The lowest BCUT2D eigenvalue weighted by atomic mass is 10.2. The minimum absolute atomic E-state index is 0.0642. The van der Waals surface area contributed by atoms with Crippen LogP contribution in [0.15, 0.2) is 47.5 Å². The quantitative estimate of drug-likeness (QED) is 0.749. The molecular formula is C19H18ClFN2O2S. The number of benzene rings is 2. The maximum absolute atomic E-state index is 13.6. The first kappa shape index (κ1) is 18.7. The average Bonchev–Trinajstić information content (AvgIpc) is 2.64. The molecule has 0 spiro atoms. The summed E-state index contributed by atoms with van der Waals surface area (Å²) in [5.41, 5.74) is 1.66. The highest BCUT2D eigenvalue weighted by atomic mass is 35.5. The van der Waals surface area contributed by atoms with Gasteiger partial charge in [-0.25, -0.2) is 9.38 Å². The molecule has 0 unspecified atom stereocenters. The normalized spacial score (nSPS) is 16.0. The van der Waals surface area contributed by atoms with Crippen molar-refractivity contribution in [1.82, 2.24) is 4.90 Å². The largest absolute Gasteiger partial charge is 0.481 e. The van der Waals surface area contributed by atoms with Gasteiger partial charge in [-0.1, -0.05) is 41.6 Å². The summed E-state index contributed by atoms with van der Waals surface area (Å²) in [5.74, 6) is 0.208. The summed E-state index contributed by atoms with van der Waals surface area (Å²) in [6.07, 6.45) is 0.865. The standard InChI is InChI=1S/C19H18ClFN2O2S/c1-13-7-8-14(11-15(13)20)22-19-23(9-4-10-26-19)18(24)12-25-17-6-3-2-5-16(17)21/h2-3,5-8,11H,4,9-10,12H2,1H3. The van der Waals surface area contributed by atoms with Gasteiger partial charge in [-0.05, 0) is 43.2 Å². The van der Waals surface area contributed by atoms with Crippen molar-refractivity contribution < 1.29 is 13.9 Å². The molecule has 136 valence electrons. The third-order valence-corrected chi connectivity index (χ3v) is 5.33. The molecule has 1 amide bonds. The van der Waals surface area contributed by atoms with Crippen molar-refractivity contribution in [1.29, 1.82) is 0 Å². The van der Waals surface area contributed by atoms with Crippen LogP contribution in [0.1, 0.15) is 12.0 Å². The van der Waals surface area contributed by atoms with Gasteiger partial charge in [0, 0.05) is 17.3 Å². The molecule has 0 aromatic heterocycles. The Balaban J connectivity index is 1.73. The van der Waals surface area contributed by atoms with Crippen molar-refractivity contribution in [2.75, 3.05) is 18.9 Å². The highest BCUT2D eigenvalue weighted by molar-refractivity contribution is 8.13. The van der Waals surface area contributed by atoms with Crippen LogP contribution < -0.4 is 4.74 Å². The molecule has 0 radical (unpaired) electrons. The van der Waals surface area contributed by atoms with E-state index in [0.717, 1.165) is 17.7 Å². The van der Waals surface area contributed by atoms with Crippen LogP contribution in [0.2, 0.25) is 5.02 Å². The van der Waals surface area contributed by atoms with Gasteiger partial charge in [-0.15, -0.1) is 0 Å². The summed E-state index contributed by atoms with van der Waals surface area (Å²) in [5, 5.41) is 1.24. The van der Waals surface area contributed by atoms with E-state index in [0.29, 0.717) is 22.4 Å². The Bertz CT molecular complexity index is 844. The van der Waals surface area contributed by atoms with Gasteiger partial charge in [-0.2, -0.15) is 0 Å². The first-order valence-electron chi connectivity index (χ1n) is 8.20. The van der Waals surface area contributed by atoms with E-state index in [-0.39, 0.29) is 18.3 Å². The third kappa shape index (κ3) is 4.56. The number of amidine groups is 1. The number of carbonyl (C=O) groups is 1. The summed E-state index contributed by atoms with van der Waals surface area (Å²) in [4.78, 5) is 18.7. The molecule has 0 saturated carbocycles. The summed E-state index contributed by atoms with van der Waals surface area (Å²) in [6.45, 7) is 2.24. The number of aliphatic imine (C=N–C) groups is 1. The van der Waals surface area contributed by atoms with Gasteiger partial charge in [0.05, 0.1) is 5.69 Å². The maximum Gasteiger partial charge on any atom is 0.266 e. The minimum atomic E-state index is -0.489. The highest BCUT2D eigenvalue weighted by Gasteiger charge is 2.24. The number of amides is 1. The molecule has 0 N–H and O–H groups in total. The molecule has 2 aromatic rings. The number of nitrogens with zero attached hydrogens (tertiary/aromatic N) is 2. The van der Waals surface area contributed by atoms with E-state index in [4.69, 9.17) is 16.3 Å². The van der Waals surface area contributed by atoms with E-state index in [9.17, 15) is 9.18 Å². The van der Waals surface area contributed by atoms with Crippen molar-refractivity contribution in [2.24, 2.45) is 4.99 Å².